The monoisotopic (exact) mass is 372 g/mol. The Bertz CT molecular complexity index is 872. The van der Waals surface area contributed by atoms with Gasteiger partial charge in [-0.05, 0) is 54.1 Å². The SMILES string of the molecule is O=C(Nc1ccc(Cl)cc1F)c1ccc(SCc2cccnc2)cc1. The van der Waals surface area contributed by atoms with E-state index in [1.807, 2.05) is 30.5 Å². The second-order valence-corrected chi connectivity index (χ2v) is 6.74. The highest BCUT2D eigenvalue weighted by molar-refractivity contribution is 7.98. The number of aromatic nitrogens is 1. The molecule has 2 aromatic carbocycles. The molecule has 0 unspecified atom stereocenters. The molecular weight excluding hydrogens is 359 g/mol. The van der Waals surface area contributed by atoms with Gasteiger partial charge in [-0.25, -0.2) is 4.39 Å². The van der Waals surface area contributed by atoms with Crippen LogP contribution < -0.4 is 5.32 Å². The minimum Gasteiger partial charge on any atom is -0.319 e. The van der Waals surface area contributed by atoms with Gasteiger partial charge < -0.3 is 5.32 Å². The summed E-state index contributed by atoms with van der Waals surface area (Å²) < 4.78 is 13.7. The van der Waals surface area contributed by atoms with Crippen LogP contribution in [0.1, 0.15) is 15.9 Å². The highest BCUT2D eigenvalue weighted by Gasteiger charge is 2.10. The highest BCUT2D eigenvalue weighted by atomic mass is 35.5. The number of pyridine rings is 1. The number of nitrogens with zero attached hydrogens (tertiary/aromatic N) is 1. The van der Waals surface area contributed by atoms with Crippen LogP contribution in [0.15, 0.2) is 71.9 Å². The minimum absolute atomic E-state index is 0.101. The summed E-state index contributed by atoms with van der Waals surface area (Å²) in [6, 6.07) is 15.2. The van der Waals surface area contributed by atoms with E-state index in [1.54, 1.807) is 30.1 Å². The molecule has 1 N–H and O–H groups in total. The number of anilines is 1. The quantitative estimate of drug-likeness (QED) is 0.608. The maximum Gasteiger partial charge on any atom is 0.255 e. The number of nitrogens with one attached hydrogen (secondary N) is 1. The molecule has 6 heteroatoms. The summed E-state index contributed by atoms with van der Waals surface area (Å²) in [7, 11) is 0. The van der Waals surface area contributed by atoms with E-state index in [9.17, 15) is 9.18 Å². The Kier molecular flexibility index (Phi) is 5.68. The van der Waals surface area contributed by atoms with Gasteiger partial charge in [-0.3, -0.25) is 9.78 Å². The first-order valence-electron chi connectivity index (χ1n) is 7.50. The molecule has 1 amide bonds. The Labute approximate surface area is 154 Å². The zero-order valence-electron chi connectivity index (χ0n) is 13.1. The second-order valence-electron chi connectivity index (χ2n) is 5.25. The van der Waals surface area contributed by atoms with Crippen LogP contribution in [-0.2, 0) is 5.75 Å². The van der Waals surface area contributed by atoms with Crippen LogP contribution in [0, 0.1) is 5.82 Å². The van der Waals surface area contributed by atoms with Gasteiger partial charge in [0.05, 0.1) is 5.69 Å². The summed E-state index contributed by atoms with van der Waals surface area (Å²) >= 11 is 7.36. The number of carbonyl (C=O) groups excluding carboxylic acids is 1. The lowest BCUT2D eigenvalue weighted by Crippen LogP contribution is -2.12. The third kappa shape index (κ3) is 4.81. The molecule has 0 saturated heterocycles. The lowest BCUT2D eigenvalue weighted by molar-refractivity contribution is 0.102. The van der Waals surface area contributed by atoms with Crippen LogP contribution in [0.3, 0.4) is 0 Å². The molecule has 0 saturated carbocycles. The Morgan fingerprint density at radius 3 is 2.64 bits per heavy atom. The molecule has 0 aliphatic carbocycles. The van der Waals surface area contributed by atoms with E-state index < -0.39 is 5.82 Å². The van der Waals surface area contributed by atoms with Crippen LogP contribution in [0.25, 0.3) is 0 Å². The molecule has 0 atom stereocenters. The molecule has 0 bridgehead atoms. The molecule has 1 aromatic heterocycles. The number of thioether (sulfide) groups is 1. The van der Waals surface area contributed by atoms with Gasteiger partial charge in [0.25, 0.3) is 5.91 Å². The maximum absolute atomic E-state index is 13.7. The number of amides is 1. The van der Waals surface area contributed by atoms with Crippen molar-refractivity contribution < 1.29 is 9.18 Å². The first-order valence-corrected chi connectivity index (χ1v) is 8.86. The summed E-state index contributed by atoms with van der Waals surface area (Å²) in [5, 5.41) is 2.83. The predicted molar refractivity (Wildman–Crippen MR) is 99.6 cm³/mol. The first kappa shape index (κ1) is 17.5. The van der Waals surface area contributed by atoms with Gasteiger partial charge in [0.1, 0.15) is 5.82 Å². The van der Waals surface area contributed by atoms with E-state index in [0.717, 1.165) is 22.3 Å². The molecular formula is C19H14ClFN2OS. The average Bonchev–Trinajstić information content (AvgIpc) is 2.63. The van der Waals surface area contributed by atoms with Crippen molar-refractivity contribution in [1.29, 1.82) is 0 Å². The van der Waals surface area contributed by atoms with Crippen LogP contribution >= 0.6 is 23.4 Å². The third-order valence-electron chi connectivity index (χ3n) is 3.42. The smallest absolute Gasteiger partial charge is 0.255 e. The van der Waals surface area contributed by atoms with Gasteiger partial charge in [0, 0.05) is 33.6 Å². The zero-order valence-corrected chi connectivity index (χ0v) is 14.7. The molecule has 0 aliphatic rings. The van der Waals surface area contributed by atoms with Gasteiger partial charge in [-0.1, -0.05) is 17.7 Å². The molecule has 0 aliphatic heterocycles. The Balaban J connectivity index is 1.62. The van der Waals surface area contributed by atoms with Crippen molar-refractivity contribution >= 4 is 35.0 Å². The van der Waals surface area contributed by atoms with Crippen LogP contribution in [0.5, 0.6) is 0 Å². The minimum atomic E-state index is -0.565. The van der Waals surface area contributed by atoms with Crippen molar-refractivity contribution in [2.45, 2.75) is 10.6 Å². The van der Waals surface area contributed by atoms with Crippen LogP contribution in [-0.4, -0.2) is 10.9 Å². The molecule has 0 spiro atoms. The van der Waals surface area contributed by atoms with Crippen molar-refractivity contribution in [3.8, 4) is 0 Å². The fourth-order valence-electron chi connectivity index (χ4n) is 2.14. The number of halogens is 2. The maximum atomic E-state index is 13.7. The average molecular weight is 373 g/mol. The van der Waals surface area contributed by atoms with E-state index in [0.29, 0.717) is 5.56 Å². The number of rotatable bonds is 5. The van der Waals surface area contributed by atoms with Gasteiger partial charge in [-0.15, -0.1) is 11.8 Å². The summed E-state index contributed by atoms with van der Waals surface area (Å²) in [6.45, 7) is 0. The second kappa shape index (κ2) is 8.14. The summed E-state index contributed by atoms with van der Waals surface area (Å²) in [5.41, 5.74) is 1.69. The largest absolute Gasteiger partial charge is 0.319 e. The standard InChI is InChI=1S/C19H14ClFN2OS/c20-15-5-8-18(17(21)10-15)23-19(24)14-3-6-16(7-4-14)25-12-13-2-1-9-22-11-13/h1-11H,12H2,(H,23,24). The van der Waals surface area contributed by atoms with Gasteiger partial charge in [0.15, 0.2) is 0 Å². The van der Waals surface area contributed by atoms with Gasteiger partial charge >= 0.3 is 0 Å². The van der Waals surface area contributed by atoms with Crippen molar-refractivity contribution in [2.75, 3.05) is 5.32 Å². The fourth-order valence-corrected chi connectivity index (χ4v) is 3.13. The molecule has 0 fully saturated rings. The Hall–Kier alpha value is -2.37. The highest BCUT2D eigenvalue weighted by Crippen LogP contribution is 2.23. The van der Waals surface area contributed by atoms with E-state index in [-0.39, 0.29) is 16.6 Å². The van der Waals surface area contributed by atoms with E-state index in [2.05, 4.69) is 10.3 Å². The van der Waals surface area contributed by atoms with E-state index in [4.69, 9.17) is 11.6 Å². The number of hydrogen-bond acceptors (Lipinski definition) is 3. The summed E-state index contributed by atoms with van der Waals surface area (Å²) in [4.78, 5) is 17.3. The molecule has 25 heavy (non-hydrogen) atoms. The molecule has 0 radical (unpaired) electrons. The Morgan fingerprint density at radius 2 is 1.96 bits per heavy atom. The Morgan fingerprint density at radius 1 is 1.16 bits per heavy atom. The topological polar surface area (TPSA) is 42.0 Å². The molecule has 3 nitrogen and oxygen atoms in total. The fraction of sp³-hybridized carbons (Fsp3) is 0.0526. The third-order valence-corrected chi connectivity index (χ3v) is 4.74. The predicted octanol–water partition coefficient (Wildman–Crippen LogP) is 5.42. The van der Waals surface area contributed by atoms with Crippen molar-refractivity contribution in [1.82, 2.24) is 4.98 Å². The number of benzene rings is 2. The van der Waals surface area contributed by atoms with Crippen molar-refractivity contribution in [2.24, 2.45) is 0 Å². The van der Waals surface area contributed by atoms with E-state index in [1.165, 1.54) is 12.1 Å². The van der Waals surface area contributed by atoms with Crippen LogP contribution in [0.2, 0.25) is 5.02 Å². The van der Waals surface area contributed by atoms with Gasteiger partial charge in [-0.2, -0.15) is 0 Å². The number of carbonyl (C=O) groups is 1. The van der Waals surface area contributed by atoms with E-state index >= 15 is 0 Å². The molecule has 126 valence electrons. The van der Waals surface area contributed by atoms with Crippen molar-refractivity contribution in [3.05, 3.63) is 89.0 Å². The lowest BCUT2D eigenvalue weighted by Gasteiger charge is -2.07. The first-order chi connectivity index (χ1) is 12.1. The summed E-state index contributed by atoms with van der Waals surface area (Å²) in [5.74, 6) is -0.135. The van der Waals surface area contributed by atoms with Crippen molar-refractivity contribution in [3.63, 3.8) is 0 Å². The number of hydrogen-bond donors (Lipinski definition) is 1. The molecule has 3 rings (SSSR count). The normalized spacial score (nSPS) is 10.5. The summed E-state index contributed by atoms with van der Waals surface area (Å²) in [6.07, 6.45) is 3.57. The van der Waals surface area contributed by atoms with Gasteiger partial charge in [0.2, 0.25) is 0 Å². The molecule has 1 heterocycles. The van der Waals surface area contributed by atoms with Crippen LogP contribution in [0.4, 0.5) is 10.1 Å². The molecule has 3 aromatic rings. The lowest BCUT2D eigenvalue weighted by atomic mass is 10.2. The zero-order chi connectivity index (χ0) is 17.6.